The summed E-state index contributed by atoms with van der Waals surface area (Å²) in [5.41, 5.74) is 6.63. The minimum absolute atomic E-state index is 0.132. The fourth-order valence-corrected chi connectivity index (χ4v) is 5.37. The molecule has 0 bridgehead atoms. The van der Waals surface area contributed by atoms with Gasteiger partial charge in [0, 0.05) is 35.3 Å². The molecule has 1 amide bonds. The highest BCUT2D eigenvalue weighted by Crippen LogP contribution is 2.29. The number of carbonyl (C=O) groups is 3. The Bertz CT molecular complexity index is 1600. The predicted octanol–water partition coefficient (Wildman–Crippen LogP) is 4.59. The van der Waals surface area contributed by atoms with Crippen molar-refractivity contribution < 1.29 is 28.2 Å². The van der Waals surface area contributed by atoms with Crippen molar-refractivity contribution in [3.63, 3.8) is 0 Å². The molecule has 8 nitrogen and oxygen atoms in total. The number of esters is 1. The lowest BCUT2D eigenvalue weighted by molar-refractivity contribution is -0.145. The topological polar surface area (TPSA) is 104 Å². The molecule has 1 fully saturated rings. The summed E-state index contributed by atoms with van der Waals surface area (Å²) in [5, 5.41) is 2.58. The van der Waals surface area contributed by atoms with Crippen LogP contribution in [0.5, 0.6) is 5.75 Å². The second kappa shape index (κ2) is 11.0. The van der Waals surface area contributed by atoms with Crippen molar-refractivity contribution in [2.45, 2.75) is 25.4 Å². The van der Waals surface area contributed by atoms with Crippen molar-refractivity contribution >= 4 is 50.9 Å². The van der Waals surface area contributed by atoms with Crippen LogP contribution in [0.1, 0.15) is 33.6 Å². The number of hydrogen-bond acceptors (Lipinski definition) is 6. The zero-order valence-electron chi connectivity index (χ0n) is 21.3. The lowest BCUT2D eigenvalue weighted by atomic mass is 10.1. The van der Waals surface area contributed by atoms with E-state index in [9.17, 15) is 18.8 Å². The number of benzene rings is 3. The monoisotopic (exact) mass is 551 g/mol. The van der Waals surface area contributed by atoms with Crippen molar-refractivity contribution in [1.82, 2.24) is 9.47 Å². The van der Waals surface area contributed by atoms with Crippen LogP contribution in [0, 0.1) is 5.82 Å². The molecule has 10 heteroatoms. The van der Waals surface area contributed by atoms with Gasteiger partial charge in [0.05, 0.1) is 18.2 Å². The van der Waals surface area contributed by atoms with Crippen LogP contribution < -0.4 is 10.5 Å². The lowest BCUT2D eigenvalue weighted by Crippen LogP contribution is -2.38. The molecule has 0 spiro atoms. The number of nitrogens with two attached hydrogens (primary N) is 1. The third-order valence-electron chi connectivity index (χ3n) is 7.13. The number of methoxy groups -OCH3 is 1. The molecule has 3 aromatic carbocycles. The first kappa shape index (κ1) is 26.6. The highest BCUT2D eigenvalue weighted by molar-refractivity contribution is 6.31. The summed E-state index contributed by atoms with van der Waals surface area (Å²) in [7, 11) is 1.38. The number of rotatable bonds is 9. The van der Waals surface area contributed by atoms with Crippen LogP contribution in [-0.2, 0) is 16.1 Å². The van der Waals surface area contributed by atoms with Gasteiger partial charge in [-0.1, -0.05) is 17.7 Å². The van der Waals surface area contributed by atoms with E-state index >= 15 is 0 Å². The second-order valence-electron chi connectivity index (χ2n) is 9.53. The maximum atomic E-state index is 14.2. The van der Waals surface area contributed by atoms with Gasteiger partial charge in [-0.05, 0) is 72.6 Å². The van der Waals surface area contributed by atoms with Crippen molar-refractivity contribution in [3.8, 4) is 5.75 Å². The highest BCUT2D eigenvalue weighted by atomic mass is 35.5. The van der Waals surface area contributed by atoms with E-state index in [-0.39, 0.29) is 35.7 Å². The number of nitrogens with zero attached hydrogens (tertiary/aromatic N) is 2. The molecule has 0 unspecified atom stereocenters. The fourth-order valence-electron chi connectivity index (χ4n) is 5.19. The van der Waals surface area contributed by atoms with E-state index in [0.717, 1.165) is 24.8 Å². The quantitative estimate of drug-likeness (QED) is 0.241. The van der Waals surface area contributed by atoms with Crippen LogP contribution >= 0.6 is 11.6 Å². The number of aromatic nitrogens is 1. The highest BCUT2D eigenvalue weighted by Gasteiger charge is 2.31. The number of hydrogen-bond donors (Lipinski definition) is 1. The molecule has 2 N–H and O–H groups in total. The van der Waals surface area contributed by atoms with Gasteiger partial charge in [0.2, 0.25) is 5.78 Å². The van der Waals surface area contributed by atoms with E-state index in [4.69, 9.17) is 26.8 Å². The summed E-state index contributed by atoms with van der Waals surface area (Å²) in [6, 6.07) is 12.4. The zero-order valence-corrected chi connectivity index (χ0v) is 22.0. The normalized spacial score (nSPS) is 15.6. The molecule has 39 heavy (non-hydrogen) atoms. The lowest BCUT2D eigenvalue weighted by Gasteiger charge is -2.22. The van der Waals surface area contributed by atoms with Gasteiger partial charge in [-0.3, -0.25) is 19.3 Å². The van der Waals surface area contributed by atoms with E-state index in [2.05, 4.69) is 0 Å². The Kier molecular flexibility index (Phi) is 7.54. The number of Topliss-reactive ketones (excluding diaryl/α,β-unsaturated/α-hetero) is 1. The average molecular weight is 552 g/mol. The zero-order chi connectivity index (χ0) is 27.7. The summed E-state index contributed by atoms with van der Waals surface area (Å²) in [6.45, 7) is 1.38. The van der Waals surface area contributed by atoms with E-state index < -0.39 is 11.7 Å². The Morgan fingerprint density at radius 1 is 1.05 bits per heavy atom. The van der Waals surface area contributed by atoms with Crippen molar-refractivity contribution in [2.75, 3.05) is 26.8 Å². The van der Waals surface area contributed by atoms with Gasteiger partial charge in [0.25, 0.3) is 5.91 Å². The molecule has 0 radical (unpaired) electrons. The molecule has 4 aromatic rings. The van der Waals surface area contributed by atoms with Gasteiger partial charge < -0.3 is 19.8 Å². The van der Waals surface area contributed by atoms with Crippen molar-refractivity contribution in [2.24, 2.45) is 5.73 Å². The molecule has 1 aromatic heterocycles. The van der Waals surface area contributed by atoms with Crippen molar-refractivity contribution in [3.05, 3.63) is 76.7 Å². The molecule has 1 aliphatic heterocycles. The van der Waals surface area contributed by atoms with Crippen molar-refractivity contribution in [1.29, 1.82) is 0 Å². The molecular weight excluding hydrogens is 525 g/mol. The minimum Gasteiger partial charge on any atom is -0.485 e. The molecule has 0 aliphatic carbocycles. The van der Waals surface area contributed by atoms with E-state index in [1.165, 1.54) is 19.2 Å². The Balaban J connectivity index is 1.38. The number of ether oxygens (including phenoxy) is 2. The Hall–Kier alpha value is -3.95. The number of halogens is 2. The van der Waals surface area contributed by atoms with E-state index in [0.29, 0.717) is 40.0 Å². The third-order valence-corrected chi connectivity index (χ3v) is 7.37. The van der Waals surface area contributed by atoms with Crippen LogP contribution in [0.2, 0.25) is 5.02 Å². The summed E-state index contributed by atoms with van der Waals surface area (Å²) < 4.78 is 26.7. The maximum Gasteiger partial charge on any atom is 0.323 e. The van der Waals surface area contributed by atoms with Crippen LogP contribution in [0.4, 0.5) is 4.39 Å². The Morgan fingerprint density at radius 2 is 1.87 bits per heavy atom. The fraction of sp³-hybridized carbons (Fsp3) is 0.276. The third kappa shape index (κ3) is 5.46. The minimum atomic E-state index is -0.696. The Morgan fingerprint density at radius 3 is 2.64 bits per heavy atom. The molecular formula is C29H27ClFN3O5. The summed E-state index contributed by atoms with van der Waals surface area (Å²) in [6.07, 6.45) is 3.29. The number of ketones is 1. The van der Waals surface area contributed by atoms with E-state index in [1.807, 2.05) is 9.47 Å². The van der Waals surface area contributed by atoms with E-state index in [1.54, 1.807) is 42.6 Å². The number of amides is 1. The standard InChI is InChI=1S/C29H27ClFN3O5/c1-38-29(37)24-3-2-8-33(24)9-10-34-15-23(21-7-6-20(31)14-25(21)34)26(35)16-39-27-13-17-4-5-19(30)11-18(17)12-22(27)28(32)36/h4-7,11-15,24H,2-3,8-10,16H2,1H3,(H2,32,36)/t24-/m1/s1. The first-order valence-corrected chi connectivity index (χ1v) is 12.9. The van der Waals surface area contributed by atoms with Gasteiger partial charge in [0.15, 0.2) is 6.61 Å². The molecule has 1 saturated heterocycles. The van der Waals surface area contributed by atoms with Crippen LogP contribution in [0.15, 0.2) is 54.7 Å². The first-order valence-electron chi connectivity index (χ1n) is 12.5. The Labute approximate surface area is 229 Å². The predicted molar refractivity (Wildman–Crippen MR) is 146 cm³/mol. The molecule has 0 saturated carbocycles. The smallest absolute Gasteiger partial charge is 0.323 e. The SMILES string of the molecule is COC(=O)[C@H]1CCCN1CCn1cc(C(=O)COc2cc3ccc(Cl)cc3cc2C(N)=O)c2ccc(F)cc21. The average Bonchev–Trinajstić information content (AvgIpc) is 3.54. The second-order valence-corrected chi connectivity index (χ2v) is 9.97. The first-order chi connectivity index (χ1) is 18.7. The molecule has 5 rings (SSSR count). The molecule has 1 aliphatic rings. The van der Waals surface area contributed by atoms with Crippen LogP contribution in [0.25, 0.3) is 21.7 Å². The van der Waals surface area contributed by atoms with Gasteiger partial charge in [-0.25, -0.2) is 4.39 Å². The molecule has 2 heterocycles. The largest absolute Gasteiger partial charge is 0.485 e. The van der Waals surface area contributed by atoms with Gasteiger partial charge in [-0.15, -0.1) is 0 Å². The molecule has 202 valence electrons. The number of carbonyl (C=O) groups excluding carboxylic acids is 3. The molecule has 1 atom stereocenters. The van der Waals surface area contributed by atoms with Gasteiger partial charge >= 0.3 is 5.97 Å². The summed E-state index contributed by atoms with van der Waals surface area (Å²) >= 11 is 6.07. The van der Waals surface area contributed by atoms with Crippen LogP contribution in [0.3, 0.4) is 0 Å². The van der Waals surface area contributed by atoms with Crippen LogP contribution in [-0.4, -0.2) is 60.0 Å². The number of fused-ring (bicyclic) bond motifs is 2. The summed E-state index contributed by atoms with van der Waals surface area (Å²) in [4.78, 5) is 39.6. The van der Waals surface area contributed by atoms with Gasteiger partial charge in [-0.2, -0.15) is 0 Å². The number of likely N-dealkylation sites (tertiary alicyclic amines) is 1. The van der Waals surface area contributed by atoms with Gasteiger partial charge in [0.1, 0.15) is 17.6 Å². The maximum absolute atomic E-state index is 14.2. The number of primary amides is 1. The summed E-state index contributed by atoms with van der Waals surface area (Å²) in [5.74, 6) is -1.54.